The van der Waals surface area contributed by atoms with Crippen molar-refractivity contribution in [1.29, 1.82) is 0 Å². The highest BCUT2D eigenvalue weighted by Gasteiger charge is 2.18. The molecule has 0 aliphatic heterocycles. The zero-order valence-electron chi connectivity index (χ0n) is 16.3. The average molecular weight is 376 g/mol. The van der Waals surface area contributed by atoms with E-state index >= 15 is 0 Å². The lowest BCUT2D eigenvalue weighted by molar-refractivity contribution is 0.0983. The molecule has 3 aromatic rings. The quantitative estimate of drug-likeness (QED) is 0.673. The fourth-order valence-corrected chi connectivity index (χ4v) is 2.87. The van der Waals surface area contributed by atoms with Gasteiger partial charge in [-0.05, 0) is 49.7 Å². The van der Waals surface area contributed by atoms with Crippen molar-refractivity contribution in [1.82, 2.24) is 9.97 Å². The Morgan fingerprint density at radius 3 is 2.43 bits per heavy atom. The van der Waals surface area contributed by atoms with Crippen LogP contribution < -0.4 is 15.0 Å². The monoisotopic (exact) mass is 376 g/mol. The molecular formula is C22H24N4O2. The number of aromatic nitrogens is 2. The van der Waals surface area contributed by atoms with Crippen molar-refractivity contribution in [2.75, 3.05) is 23.9 Å². The van der Waals surface area contributed by atoms with Crippen molar-refractivity contribution in [3.63, 3.8) is 0 Å². The lowest BCUT2D eigenvalue weighted by atomic mass is 10.2. The average Bonchev–Trinajstić information content (AvgIpc) is 2.73. The lowest BCUT2D eigenvalue weighted by Gasteiger charge is -2.21. The van der Waals surface area contributed by atoms with Gasteiger partial charge in [0, 0.05) is 24.5 Å². The van der Waals surface area contributed by atoms with E-state index in [1.165, 1.54) is 0 Å². The summed E-state index contributed by atoms with van der Waals surface area (Å²) in [5.41, 5.74) is 3.02. The van der Waals surface area contributed by atoms with E-state index in [1.807, 2.05) is 68.4 Å². The largest absolute Gasteiger partial charge is 0.497 e. The number of anilines is 2. The minimum Gasteiger partial charge on any atom is -0.497 e. The Bertz CT molecular complexity index is 927. The van der Waals surface area contributed by atoms with Gasteiger partial charge in [-0.2, -0.15) is 0 Å². The number of rotatable bonds is 7. The molecule has 0 fully saturated rings. The maximum Gasteiger partial charge on any atom is 0.277 e. The van der Waals surface area contributed by atoms with E-state index in [9.17, 15) is 4.79 Å². The third-order valence-electron chi connectivity index (χ3n) is 4.31. The van der Waals surface area contributed by atoms with Crippen LogP contribution in [0.4, 0.5) is 11.6 Å². The molecule has 144 valence electrons. The molecule has 3 rings (SSSR count). The van der Waals surface area contributed by atoms with Crippen LogP contribution in [0.3, 0.4) is 0 Å². The molecule has 0 radical (unpaired) electrons. The number of nitrogens with zero attached hydrogens (tertiary/aromatic N) is 3. The fourth-order valence-electron chi connectivity index (χ4n) is 2.87. The van der Waals surface area contributed by atoms with E-state index < -0.39 is 0 Å². The number of benzene rings is 2. The van der Waals surface area contributed by atoms with E-state index in [-0.39, 0.29) is 5.91 Å². The Kier molecular flexibility index (Phi) is 6.22. The molecule has 2 aromatic carbocycles. The molecule has 0 atom stereocenters. The number of aryl methyl sites for hydroxylation is 1. The standard InChI is InChI=1S/C22H24N4O2/c1-4-26(18-8-6-5-7-9-18)21(27)20-14-16(2)24-22(25-20)23-15-17-10-12-19(28-3)13-11-17/h5-14H,4,15H2,1-3H3,(H,23,24,25). The van der Waals surface area contributed by atoms with Crippen LogP contribution in [0.25, 0.3) is 0 Å². The highest BCUT2D eigenvalue weighted by Crippen LogP contribution is 2.17. The molecular weight excluding hydrogens is 352 g/mol. The van der Waals surface area contributed by atoms with Gasteiger partial charge in [0.15, 0.2) is 0 Å². The van der Waals surface area contributed by atoms with Crippen LogP contribution in [0.5, 0.6) is 5.75 Å². The summed E-state index contributed by atoms with van der Waals surface area (Å²) in [7, 11) is 1.64. The van der Waals surface area contributed by atoms with Crippen LogP contribution in [0.15, 0.2) is 60.7 Å². The number of carbonyl (C=O) groups is 1. The molecule has 1 amide bonds. The maximum atomic E-state index is 13.0. The molecule has 1 N–H and O–H groups in total. The number of carbonyl (C=O) groups excluding carboxylic acids is 1. The highest BCUT2D eigenvalue weighted by atomic mass is 16.5. The Balaban J connectivity index is 1.77. The van der Waals surface area contributed by atoms with Gasteiger partial charge < -0.3 is 15.0 Å². The van der Waals surface area contributed by atoms with Crippen molar-refractivity contribution < 1.29 is 9.53 Å². The van der Waals surface area contributed by atoms with E-state index in [4.69, 9.17) is 4.74 Å². The normalized spacial score (nSPS) is 10.4. The van der Waals surface area contributed by atoms with Gasteiger partial charge in [0.2, 0.25) is 5.95 Å². The molecule has 28 heavy (non-hydrogen) atoms. The van der Waals surface area contributed by atoms with E-state index in [2.05, 4.69) is 15.3 Å². The second-order valence-corrected chi connectivity index (χ2v) is 6.30. The SMILES string of the molecule is CCN(C(=O)c1cc(C)nc(NCc2ccc(OC)cc2)n1)c1ccccc1. The van der Waals surface area contributed by atoms with Crippen molar-refractivity contribution >= 4 is 17.5 Å². The fraction of sp³-hybridized carbons (Fsp3) is 0.227. The van der Waals surface area contributed by atoms with Crippen molar-refractivity contribution in [3.8, 4) is 5.75 Å². The summed E-state index contributed by atoms with van der Waals surface area (Å²) >= 11 is 0. The first-order valence-corrected chi connectivity index (χ1v) is 9.20. The lowest BCUT2D eigenvalue weighted by Crippen LogP contribution is -2.31. The summed E-state index contributed by atoms with van der Waals surface area (Å²) in [5.74, 6) is 1.10. The molecule has 6 nitrogen and oxygen atoms in total. The molecule has 0 saturated carbocycles. The predicted molar refractivity (Wildman–Crippen MR) is 111 cm³/mol. The van der Waals surface area contributed by atoms with Crippen LogP contribution >= 0.6 is 0 Å². The van der Waals surface area contributed by atoms with Crippen molar-refractivity contribution in [2.24, 2.45) is 0 Å². The molecule has 0 saturated heterocycles. The molecule has 0 aliphatic carbocycles. The number of hydrogen-bond acceptors (Lipinski definition) is 5. The van der Waals surface area contributed by atoms with Crippen LogP contribution in [-0.4, -0.2) is 29.5 Å². The molecule has 0 bridgehead atoms. The van der Waals surface area contributed by atoms with Gasteiger partial charge in [0.05, 0.1) is 7.11 Å². The number of ether oxygens (including phenoxy) is 1. The Hall–Kier alpha value is -3.41. The van der Waals surface area contributed by atoms with Crippen LogP contribution in [0, 0.1) is 6.92 Å². The Morgan fingerprint density at radius 1 is 1.07 bits per heavy atom. The second kappa shape index (κ2) is 8.99. The topological polar surface area (TPSA) is 67.4 Å². The zero-order chi connectivity index (χ0) is 19.9. The summed E-state index contributed by atoms with van der Waals surface area (Å²) in [6, 6.07) is 19.1. The number of nitrogens with one attached hydrogen (secondary N) is 1. The first-order chi connectivity index (χ1) is 13.6. The van der Waals surface area contributed by atoms with Gasteiger partial charge in [-0.3, -0.25) is 4.79 Å². The number of methoxy groups -OCH3 is 1. The summed E-state index contributed by atoms with van der Waals surface area (Å²) in [5, 5.41) is 3.20. The smallest absolute Gasteiger partial charge is 0.277 e. The third kappa shape index (κ3) is 4.65. The number of amides is 1. The minimum absolute atomic E-state index is 0.147. The van der Waals surface area contributed by atoms with Crippen LogP contribution in [-0.2, 0) is 6.54 Å². The molecule has 0 unspecified atom stereocenters. The maximum absolute atomic E-state index is 13.0. The third-order valence-corrected chi connectivity index (χ3v) is 4.31. The Morgan fingerprint density at radius 2 is 1.79 bits per heavy atom. The van der Waals surface area contributed by atoms with Crippen molar-refractivity contribution in [3.05, 3.63) is 77.6 Å². The summed E-state index contributed by atoms with van der Waals surface area (Å²) in [6.07, 6.45) is 0. The summed E-state index contributed by atoms with van der Waals surface area (Å²) < 4.78 is 5.17. The highest BCUT2D eigenvalue weighted by molar-refractivity contribution is 6.04. The first-order valence-electron chi connectivity index (χ1n) is 9.20. The summed E-state index contributed by atoms with van der Waals surface area (Å²) in [4.78, 5) is 23.6. The molecule has 1 aromatic heterocycles. The number of hydrogen-bond donors (Lipinski definition) is 1. The summed E-state index contributed by atoms with van der Waals surface area (Å²) in [6.45, 7) is 4.91. The molecule has 6 heteroatoms. The van der Waals surface area contributed by atoms with E-state index in [0.717, 1.165) is 22.7 Å². The zero-order valence-corrected chi connectivity index (χ0v) is 16.3. The van der Waals surface area contributed by atoms with Crippen LogP contribution in [0.1, 0.15) is 28.7 Å². The molecule has 0 spiro atoms. The van der Waals surface area contributed by atoms with Gasteiger partial charge in [0.25, 0.3) is 5.91 Å². The number of para-hydroxylation sites is 1. The Labute approximate surface area is 165 Å². The molecule has 0 aliphatic rings. The minimum atomic E-state index is -0.147. The predicted octanol–water partition coefficient (Wildman–Crippen LogP) is 4.07. The van der Waals surface area contributed by atoms with Gasteiger partial charge in [-0.15, -0.1) is 0 Å². The van der Waals surface area contributed by atoms with Gasteiger partial charge in [-0.1, -0.05) is 30.3 Å². The van der Waals surface area contributed by atoms with Gasteiger partial charge in [0.1, 0.15) is 11.4 Å². The second-order valence-electron chi connectivity index (χ2n) is 6.30. The van der Waals surface area contributed by atoms with E-state index in [0.29, 0.717) is 24.7 Å². The molecule has 1 heterocycles. The van der Waals surface area contributed by atoms with Gasteiger partial charge in [-0.25, -0.2) is 9.97 Å². The van der Waals surface area contributed by atoms with Crippen molar-refractivity contribution in [2.45, 2.75) is 20.4 Å². The van der Waals surface area contributed by atoms with E-state index in [1.54, 1.807) is 18.1 Å². The van der Waals surface area contributed by atoms with Crippen LogP contribution in [0.2, 0.25) is 0 Å². The van der Waals surface area contributed by atoms with Gasteiger partial charge >= 0.3 is 0 Å². The first kappa shape index (κ1) is 19.4.